The topological polar surface area (TPSA) is 76.7 Å². The fourth-order valence-electron chi connectivity index (χ4n) is 2.48. The lowest BCUT2D eigenvalue weighted by molar-refractivity contribution is 0.426. The standard InChI is InChI=1S/C18H23N5OS/c1-5-19-16-13-8-6-7-9-14(13)20-18(21-16)25-12(4)17-23-22-15(24-17)10-11(2)3/h6-9,11-12H,5,10H2,1-4H3,(H,19,20,21)/t12-/m1/s1. The van der Waals surface area contributed by atoms with Gasteiger partial charge in [0.15, 0.2) is 5.16 Å². The third-order valence-corrected chi connectivity index (χ3v) is 4.57. The molecule has 1 N–H and O–H groups in total. The van der Waals surface area contributed by atoms with E-state index in [1.54, 1.807) is 0 Å². The maximum absolute atomic E-state index is 5.78. The van der Waals surface area contributed by atoms with Gasteiger partial charge in [-0.05, 0) is 31.9 Å². The van der Waals surface area contributed by atoms with E-state index in [0.29, 0.717) is 22.9 Å². The molecule has 7 heteroatoms. The predicted molar refractivity (Wildman–Crippen MR) is 101 cm³/mol. The van der Waals surface area contributed by atoms with E-state index in [4.69, 9.17) is 4.42 Å². The fraction of sp³-hybridized carbons (Fsp3) is 0.444. The summed E-state index contributed by atoms with van der Waals surface area (Å²) in [6, 6.07) is 8.01. The Morgan fingerprint density at radius 3 is 2.68 bits per heavy atom. The molecule has 25 heavy (non-hydrogen) atoms. The van der Waals surface area contributed by atoms with Crippen LogP contribution < -0.4 is 5.32 Å². The number of hydrogen-bond acceptors (Lipinski definition) is 7. The Balaban J connectivity index is 1.83. The highest BCUT2D eigenvalue weighted by Crippen LogP contribution is 2.34. The molecule has 1 aromatic carbocycles. The first-order chi connectivity index (χ1) is 12.1. The van der Waals surface area contributed by atoms with E-state index in [1.807, 2.05) is 31.2 Å². The van der Waals surface area contributed by atoms with Gasteiger partial charge in [0, 0.05) is 18.4 Å². The van der Waals surface area contributed by atoms with Gasteiger partial charge in [-0.3, -0.25) is 0 Å². The van der Waals surface area contributed by atoms with Gasteiger partial charge in [0.1, 0.15) is 5.82 Å². The van der Waals surface area contributed by atoms with E-state index in [0.717, 1.165) is 29.7 Å². The van der Waals surface area contributed by atoms with Crippen LogP contribution in [0.3, 0.4) is 0 Å². The largest absolute Gasteiger partial charge is 0.424 e. The molecule has 2 heterocycles. The van der Waals surface area contributed by atoms with Crippen molar-refractivity contribution in [3.05, 3.63) is 36.0 Å². The first-order valence-corrected chi connectivity index (χ1v) is 9.44. The first kappa shape index (κ1) is 17.7. The number of nitrogens with zero attached hydrogens (tertiary/aromatic N) is 4. The quantitative estimate of drug-likeness (QED) is 0.493. The van der Waals surface area contributed by atoms with Crippen molar-refractivity contribution in [2.45, 2.75) is 44.5 Å². The zero-order valence-electron chi connectivity index (χ0n) is 15.0. The van der Waals surface area contributed by atoms with Crippen molar-refractivity contribution < 1.29 is 4.42 Å². The van der Waals surface area contributed by atoms with Crippen molar-refractivity contribution in [1.82, 2.24) is 20.2 Å². The zero-order chi connectivity index (χ0) is 17.8. The minimum Gasteiger partial charge on any atom is -0.424 e. The monoisotopic (exact) mass is 357 g/mol. The summed E-state index contributed by atoms with van der Waals surface area (Å²) in [4.78, 5) is 9.32. The summed E-state index contributed by atoms with van der Waals surface area (Å²) >= 11 is 1.53. The van der Waals surface area contributed by atoms with Crippen LogP contribution in [-0.4, -0.2) is 26.7 Å². The molecule has 132 valence electrons. The molecule has 3 aromatic rings. The lowest BCUT2D eigenvalue weighted by Crippen LogP contribution is -2.03. The molecule has 3 rings (SSSR count). The molecule has 0 aliphatic carbocycles. The summed E-state index contributed by atoms with van der Waals surface area (Å²) in [5.41, 5.74) is 0.925. The van der Waals surface area contributed by atoms with Crippen molar-refractivity contribution in [1.29, 1.82) is 0 Å². The van der Waals surface area contributed by atoms with Gasteiger partial charge in [-0.25, -0.2) is 9.97 Å². The molecule has 0 bridgehead atoms. The number of rotatable bonds is 7. The van der Waals surface area contributed by atoms with E-state index in [9.17, 15) is 0 Å². The third-order valence-electron chi connectivity index (χ3n) is 3.62. The molecule has 0 spiro atoms. The molecule has 0 saturated carbocycles. The minimum absolute atomic E-state index is 0.0101. The molecule has 1 atom stereocenters. The summed E-state index contributed by atoms with van der Waals surface area (Å²) in [5.74, 6) is 2.64. The van der Waals surface area contributed by atoms with Gasteiger partial charge in [-0.1, -0.05) is 37.7 Å². The highest BCUT2D eigenvalue weighted by Gasteiger charge is 2.18. The van der Waals surface area contributed by atoms with Crippen LogP contribution in [0.5, 0.6) is 0 Å². The van der Waals surface area contributed by atoms with E-state index < -0.39 is 0 Å². The molecular weight excluding hydrogens is 334 g/mol. The Labute approximate surface area is 151 Å². The maximum Gasteiger partial charge on any atom is 0.229 e. The number of benzene rings is 1. The van der Waals surface area contributed by atoms with Crippen LogP contribution >= 0.6 is 11.8 Å². The average molecular weight is 357 g/mol. The van der Waals surface area contributed by atoms with Crippen LogP contribution in [-0.2, 0) is 6.42 Å². The summed E-state index contributed by atoms with van der Waals surface area (Å²) < 4.78 is 5.78. The normalized spacial score (nSPS) is 12.7. The number of fused-ring (bicyclic) bond motifs is 1. The third kappa shape index (κ3) is 4.28. The van der Waals surface area contributed by atoms with Gasteiger partial charge >= 0.3 is 0 Å². The van der Waals surface area contributed by atoms with Gasteiger partial charge in [0.05, 0.1) is 10.8 Å². The fourth-order valence-corrected chi connectivity index (χ4v) is 3.29. The summed E-state index contributed by atoms with van der Waals surface area (Å²) in [6.45, 7) is 9.16. The molecule has 0 unspecified atom stereocenters. The zero-order valence-corrected chi connectivity index (χ0v) is 15.8. The van der Waals surface area contributed by atoms with Crippen molar-refractivity contribution in [3.8, 4) is 0 Å². The lowest BCUT2D eigenvalue weighted by atomic mass is 10.1. The summed E-state index contributed by atoms with van der Waals surface area (Å²) in [7, 11) is 0. The molecule has 6 nitrogen and oxygen atoms in total. The van der Waals surface area contributed by atoms with Crippen molar-refractivity contribution >= 4 is 28.5 Å². The number of thioether (sulfide) groups is 1. The molecule has 0 aliphatic heterocycles. The Kier molecular flexibility index (Phi) is 5.53. The maximum atomic E-state index is 5.78. The van der Waals surface area contributed by atoms with Crippen LogP contribution in [0.15, 0.2) is 33.8 Å². The highest BCUT2D eigenvalue weighted by molar-refractivity contribution is 7.99. The Morgan fingerprint density at radius 1 is 1.12 bits per heavy atom. The van der Waals surface area contributed by atoms with Crippen molar-refractivity contribution in [3.63, 3.8) is 0 Å². The average Bonchev–Trinajstić information content (AvgIpc) is 3.03. The van der Waals surface area contributed by atoms with Gasteiger partial charge in [-0.15, -0.1) is 10.2 Å². The molecule has 0 saturated heterocycles. The van der Waals surface area contributed by atoms with E-state index in [1.165, 1.54) is 11.8 Å². The van der Waals surface area contributed by atoms with Crippen LogP contribution in [0.1, 0.15) is 44.7 Å². The van der Waals surface area contributed by atoms with Gasteiger partial charge in [0.2, 0.25) is 11.8 Å². The minimum atomic E-state index is -0.0101. The molecule has 0 radical (unpaired) electrons. The SMILES string of the molecule is CCNc1nc(S[C@H](C)c2nnc(CC(C)C)o2)nc2ccccc12. The number of aromatic nitrogens is 4. The Hall–Kier alpha value is -2.15. The van der Waals surface area contributed by atoms with Crippen LogP contribution in [0, 0.1) is 5.92 Å². The van der Waals surface area contributed by atoms with Crippen LogP contribution in [0.25, 0.3) is 10.9 Å². The van der Waals surface area contributed by atoms with E-state index in [2.05, 4.69) is 46.3 Å². The Bertz CT molecular complexity index is 848. The van der Waals surface area contributed by atoms with Gasteiger partial charge < -0.3 is 9.73 Å². The lowest BCUT2D eigenvalue weighted by Gasteiger charge is -2.10. The number of anilines is 1. The number of para-hydroxylation sites is 1. The van der Waals surface area contributed by atoms with Crippen LogP contribution in [0.2, 0.25) is 0 Å². The van der Waals surface area contributed by atoms with E-state index >= 15 is 0 Å². The van der Waals surface area contributed by atoms with Crippen molar-refractivity contribution in [2.24, 2.45) is 5.92 Å². The number of nitrogens with one attached hydrogen (secondary N) is 1. The molecular formula is C18H23N5OS. The molecule has 0 aliphatic rings. The second-order valence-corrected chi connectivity index (χ2v) is 7.60. The second-order valence-electron chi connectivity index (χ2n) is 6.29. The van der Waals surface area contributed by atoms with Crippen molar-refractivity contribution in [2.75, 3.05) is 11.9 Å². The molecule has 0 amide bonds. The smallest absolute Gasteiger partial charge is 0.229 e. The number of hydrogen-bond donors (Lipinski definition) is 1. The summed E-state index contributed by atoms with van der Waals surface area (Å²) in [5, 5.41) is 13.3. The first-order valence-electron chi connectivity index (χ1n) is 8.56. The molecule has 2 aromatic heterocycles. The van der Waals surface area contributed by atoms with Gasteiger partial charge in [-0.2, -0.15) is 0 Å². The summed E-state index contributed by atoms with van der Waals surface area (Å²) in [6.07, 6.45) is 0.793. The molecule has 0 fully saturated rings. The van der Waals surface area contributed by atoms with Crippen LogP contribution in [0.4, 0.5) is 5.82 Å². The highest BCUT2D eigenvalue weighted by atomic mass is 32.2. The van der Waals surface area contributed by atoms with Gasteiger partial charge in [0.25, 0.3) is 0 Å². The van der Waals surface area contributed by atoms with E-state index in [-0.39, 0.29) is 5.25 Å². The second kappa shape index (κ2) is 7.82. The Morgan fingerprint density at radius 2 is 1.92 bits per heavy atom. The predicted octanol–water partition coefficient (Wildman–Crippen LogP) is 4.50.